The molecule has 0 unspecified atom stereocenters. The van der Waals surface area contributed by atoms with Crippen molar-refractivity contribution in [3.05, 3.63) is 77.1 Å². The Balaban J connectivity index is 2.13. The summed E-state index contributed by atoms with van der Waals surface area (Å²) >= 11 is 0. The molecule has 5 nitrogen and oxygen atoms in total. The van der Waals surface area contributed by atoms with Gasteiger partial charge < -0.3 is 10.5 Å². The predicted molar refractivity (Wildman–Crippen MR) is 93.9 cm³/mol. The van der Waals surface area contributed by atoms with Crippen molar-refractivity contribution in [1.82, 2.24) is 4.57 Å². The van der Waals surface area contributed by atoms with Crippen LogP contribution in [0.4, 0.5) is 4.39 Å². The summed E-state index contributed by atoms with van der Waals surface area (Å²) < 4.78 is 21.1. The number of fused-ring (bicyclic) bond motifs is 3. The molecule has 2 aromatic carbocycles. The quantitative estimate of drug-likeness (QED) is 0.728. The molecule has 1 aromatic heterocycles. The molecule has 1 aliphatic rings. The highest BCUT2D eigenvalue weighted by atomic mass is 19.1. The molecule has 128 valence electrons. The maximum Gasteiger partial charge on any atom is 0.228 e. The number of hydrogen-bond acceptors (Lipinski definition) is 4. The minimum absolute atomic E-state index is 0.0410. The summed E-state index contributed by atoms with van der Waals surface area (Å²) in [4.78, 5) is 12.4. The van der Waals surface area contributed by atoms with E-state index in [9.17, 15) is 14.4 Å². The van der Waals surface area contributed by atoms with Crippen LogP contribution < -0.4 is 10.5 Å². The SMILES string of the molecule is CC(=O)n1c2c(c3ccccc31)OC(N)=C(C#N)[C@@H]2c1cccc(F)c1. The van der Waals surface area contributed by atoms with Crippen molar-refractivity contribution in [3.8, 4) is 11.8 Å². The largest absolute Gasteiger partial charge is 0.438 e. The van der Waals surface area contributed by atoms with E-state index in [2.05, 4.69) is 6.07 Å². The lowest BCUT2D eigenvalue weighted by atomic mass is 9.87. The minimum atomic E-state index is -0.698. The number of aromatic nitrogens is 1. The first kappa shape index (κ1) is 15.9. The van der Waals surface area contributed by atoms with Crippen LogP contribution in [-0.4, -0.2) is 10.5 Å². The highest BCUT2D eigenvalue weighted by Gasteiger charge is 2.37. The molecule has 2 N–H and O–H groups in total. The van der Waals surface area contributed by atoms with Crippen LogP contribution >= 0.6 is 0 Å². The van der Waals surface area contributed by atoms with Gasteiger partial charge in [0, 0.05) is 12.3 Å². The molecule has 0 saturated carbocycles. The second-order valence-corrected chi connectivity index (χ2v) is 6.07. The van der Waals surface area contributed by atoms with E-state index in [-0.39, 0.29) is 17.4 Å². The molecular formula is C20H14FN3O2. The van der Waals surface area contributed by atoms with Gasteiger partial charge in [0.15, 0.2) is 5.75 Å². The Kier molecular flexibility index (Phi) is 3.51. The summed E-state index contributed by atoms with van der Waals surface area (Å²) in [5.74, 6) is -0.986. The van der Waals surface area contributed by atoms with Gasteiger partial charge in [0.05, 0.1) is 17.1 Å². The van der Waals surface area contributed by atoms with Gasteiger partial charge in [-0.2, -0.15) is 5.26 Å². The van der Waals surface area contributed by atoms with Crippen LogP contribution in [0.1, 0.15) is 28.9 Å². The van der Waals surface area contributed by atoms with Crippen LogP contribution in [0.25, 0.3) is 10.9 Å². The number of para-hydroxylation sites is 1. The number of hydrogen-bond donors (Lipinski definition) is 1. The van der Waals surface area contributed by atoms with E-state index in [4.69, 9.17) is 10.5 Å². The number of nitrogens with zero attached hydrogens (tertiary/aromatic N) is 2. The predicted octanol–water partition coefficient (Wildman–Crippen LogP) is 3.66. The van der Waals surface area contributed by atoms with Gasteiger partial charge in [0.25, 0.3) is 0 Å². The first-order chi connectivity index (χ1) is 12.5. The van der Waals surface area contributed by atoms with E-state index in [1.54, 1.807) is 18.2 Å². The number of rotatable bonds is 1. The maximum absolute atomic E-state index is 13.9. The van der Waals surface area contributed by atoms with E-state index < -0.39 is 11.7 Å². The van der Waals surface area contributed by atoms with Crippen LogP contribution in [0.15, 0.2) is 60.0 Å². The van der Waals surface area contributed by atoms with Gasteiger partial charge in [-0.25, -0.2) is 4.39 Å². The van der Waals surface area contributed by atoms with Crippen LogP contribution in [-0.2, 0) is 0 Å². The molecule has 0 saturated heterocycles. The van der Waals surface area contributed by atoms with Crippen molar-refractivity contribution in [2.24, 2.45) is 5.73 Å². The molecule has 0 bridgehead atoms. The third-order valence-corrected chi connectivity index (χ3v) is 4.52. The van der Waals surface area contributed by atoms with Crippen molar-refractivity contribution in [3.63, 3.8) is 0 Å². The lowest BCUT2D eigenvalue weighted by Gasteiger charge is -2.25. The molecule has 1 atom stereocenters. The first-order valence-corrected chi connectivity index (χ1v) is 8.00. The van der Waals surface area contributed by atoms with Crippen LogP contribution in [0.2, 0.25) is 0 Å². The highest BCUT2D eigenvalue weighted by molar-refractivity contribution is 5.98. The van der Waals surface area contributed by atoms with Crippen molar-refractivity contribution in [1.29, 1.82) is 5.26 Å². The zero-order chi connectivity index (χ0) is 18.4. The fraction of sp³-hybridized carbons (Fsp3) is 0.100. The average Bonchev–Trinajstić information content (AvgIpc) is 2.94. The maximum atomic E-state index is 13.9. The van der Waals surface area contributed by atoms with Crippen LogP contribution in [0.5, 0.6) is 5.75 Å². The second-order valence-electron chi connectivity index (χ2n) is 6.07. The van der Waals surface area contributed by atoms with E-state index in [1.807, 2.05) is 18.2 Å². The van der Waals surface area contributed by atoms with E-state index in [1.165, 1.54) is 23.6 Å². The number of allylic oxidation sites excluding steroid dienone is 1. The molecule has 3 aromatic rings. The second kappa shape index (κ2) is 5.74. The summed E-state index contributed by atoms with van der Waals surface area (Å²) in [6.45, 7) is 1.43. The monoisotopic (exact) mass is 347 g/mol. The molecular weight excluding hydrogens is 333 g/mol. The zero-order valence-corrected chi connectivity index (χ0v) is 13.9. The third-order valence-electron chi connectivity index (χ3n) is 4.52. The number of halogens is 1. The molecule has 0 radical (unpaired) electrons. The molecule has 4 rings (SSSR count). The fourth-order valence-electron chi connectivity index (χ4n) is 3.51. The van der Waals surface area contributed by atoms with Gasteiger partial charge in [-0.3, -0.25) is 9.36 Å². The third kappa shape index (κ3) is 2.18. The molecule has 0 aliphatic carbocycles. The Hall–Kier alpha value is -3.59. The first-order valence-electron chi connectivity index (χ1n) is 8.00. The number of nitriles is 1. The molecule has 0 amide bonds. The lowest BCUT2D eigenvalue weighted by Crippen LogP contribution is -2.24. The number of nitrogens with two attached hydrogens (primary N) is 1. The number of carbonyl (C=O) groups excluding carboxylic acids is 1. The van der Waals surface area contributed by atoms with Gasteiger partial charge in [-0.05, 0) is 29.8 Å². The smallest absolute Gasteiger partial charge is 0.228 e. The van der Waals surface area contributed by atoms with Crippen LogP contribution in [0, 0.1) is 17.1 Å². The number of ether oxygens (including phenoxy) is 1. The Labute approximate surface area is 148 Å². The topological polar surface area (TPSA) is 81.0 Å². The molecule has 26 heavy (non-hydrogen) atoms. The average molecular weight is 347 g/mol. The van der Waals surface area contributed by atoms with Crippen molar-refractivity contribution in [2.45, 2.75) is 12.8 Å². The standard InChI is InChI=1S/C20H14FN3O2/c1-11(25)24-16-8-3-2-7-14(16)19-18(24)17(15(10-22)20(23)26-19)12-5-4-6-13(21)9-12/h2-9,17H,23H2,1H3/t17-/m0/s1. The molecule has 2 heterocycles. The van der Waals surface area contributed by atoms with Crippen molar-refractivity contribution in [2.75, 3.05) is 0 Å². The summed E-state index contributed by atoms with van der Waals surface area (Å²) in [7, 11) is 0. The summed E-state index contributed by atoms with van der Waals surface area (Å²) in [6.07, 6.45) is 0. The van der Waals surface area contributed by atoms with Gasteiger partial charge in [-0.15, -0.1) is 0 Å². The van der Waals surface area contributed by atoms with Crippen LogP contribution in [0.3, 0.4) is 0 Å². The normalized spacial score (nSPS) is 16.1. The van der Waals surface area contributed by atoms with Crippen molar-refractivity contribution >= 4 is 16.8 Å². The van der Waals surface area contributed by atoms with Gasteiger partial charge in [-0.1, -0.05) is 24.3 Å². The molecule has 0 spiro atoms. The molecule has 1 aliphatic heterocycles. The van der Waals surface area contributed by atoms with E-state index in [0.717, 1.165) is 0 Å². The van der Waals surface area contributed by atoms with Crippen molar-refractivity contribution < 1.29 is 13.9 Å². The number of benzene rings is 2. The van der Waals surface area contributed by atoms with E-state index in [0.29, 0.717) is 27.9 Å². The minimum Gasteiger partial charge on any atom is -0.438 e. The fourth-order valence-corrected chi connectivity index (χ4v) is 3.51. The van der Waals surface area contributed by atoms with Gasteiger partial charge >= 0.3 is 0 Å². The summed E-state index contributed by atoms with van der Waals surface area (Å²) in [6, 6.07) is 15.2. The lowest BCUT2D eigenvalue weighted by molar-refractivity contribution is 0.0937. The number of carbonyl (C=O) groups is 1. The Morgan fingerprint density at radius 3 is 2.73 bits per heavy atom. The Morgan fingerprint density at radius 1 is 1.27 bits per heavy atom. The zero-order valence-electron chi connectivity index (χ0n) is 13.9. The Morgan fingerprint density at radius 2 is 2.04 bits per heavy atom. The van der Waals surface area contributed by atoms with E-state index >= 15 is 0 Å². The summed E-state index contributed by atoms with van der Waals surface area (Å²) in [5, 5.41) is 10.3. The molecule has 6 heteroatoms. The Bertz CT molecular complexity index is 1140. The van der Waals surface area contributed by atoms with Gasteiger partial charge in [0.2, 0.25) is 11.8 Å². The summed E-state index contributed by atoms with van der Waals surface area (Å²) in [5.41, 5.74) is 7.80. The molecule has 0 fully saturated rings. The highest BCUT2D eigenvalue weighted by Crippen LogP contribution is 2.47. The van der Waals surface area contributed by atoms with Gasteiger partial charge in [0.1, 0.15) is 17.5 Å².